The van der Waals surface area contributed by atoms with E-state index in [9.17, 15) is 37.2 Å². The Hall–Kier alpha value is -4.25. The lowest BCUT2D eigenvalue weighted by Gasteiger charge is -2.37. The minimum atomic E-state index is -3.56. The molecule has 2 heterocycles. The molecule has 2 fully saturated rings. The highest BCUT2D eigenvalue weighted by Gasteiger charge is 2.47. The third-order valence-electron chi connectivity index (χ3n) is 10.4. The van der Waals surface area contributed by atoms with Gasteiger partial charge in [0.2, 0.25) is 27.6 Å². The molecule has 5 atom stereocenters. The molecule has 1 saturated carbocycles. The Labute approximate surface area is 318 Å². The van der Waals surface area contributed by atoms with Crippen molar-refractivity contribution >= 4 is 45.7 Å². The van der Waals surface area contributed by atoms with Gasteiger partial charge in [0.1, 0.15) is 18.2 Å². The Morgan fingerprint density at radius 2 is 1.59 bits per heavy atom. The average Bonchev–Trinajstić information content (AvgIpc) is 3.79. The molecule has 0 radical (unpaired) electrons. The summed E-state index contributed by atoms with van der Waals surface area (Å²) in [5, 5.41) is 8.24. The van der Waals surface area contributed by atoms with Crippen molar-refractivity contribution in [3.8, 4) is 0 Å². The first kappa shape index (κ1) is 42.5. The summed E-state index contributed by atoms with van der Waals surface area (Å²) < 4.78 is 31.4. The molecule has 1 aromatic carbocycles. The number of carbonyl (C=O) groups excluding carboxylic acids is 6. The van der Waals surface area contributed by atoms with Gasteiger partial charge in [0.25, 0.3) is 5.91 Å². The van der Waals surface area contributed by atoms with Crippen molar-refractivity contribution in [1.82, 2.24) is 30.1 Å². The highest BCUT2D eigenvalue weighted by atomic mass is 32.2. The molecule has 1 aliphatic carbocycles. The monoisotopic (exact) mass is 775 g/mol. The van der Waals surface area contributed by atoms with Crippen LogP contribution in [0.1, 0.15) is 78.4 Å². The largest absolute Gasteiger partial charge is 0.444 e. The standard InChI is InChI=1S/C37H57N7O9S/c1-36(2,3)28(21-42(7)54(8,51)52)40-34(49)41-30(37(4,5)6)33(48)44-20-25(53-35(50)43-16-15-23-11-9-10-12-24(23)19-43)18-27(44)32(47)39-26(17-22-13-14-22)29(45)31(38)46/h9-12,22,25-28,30H,13-21H2,1-8H3,(H2,38,46)(H,39,47)(H2,40,41,49)/t25-,26?,27+,28-,30?/m1/s1. The zero-order valence-corrected chi connectivity index (χ0v) is 33.5. The molecule has 0 aromatic heterocycles. The number of likely N-dealkylation sites (N-methyl/N-ethyl adjacent to an activating group) is 1. The highest BCUT2D eigenvalue weighted by molar-refractivity contribution is 7.88. The maximum Gasteiger partial charge on any atom is 0.410 e. The van der Waals surface area contributed by atoms with Crippen LogP contribution in [0.3, 0.4) is 0 Å². The lowest BCUT2D eigenvalue weighted by Crippen LogP contribution is -2.61. The normalized spacial score (nSPS) is 20.7. The second-order valence-corrected chi connectivity index (χ2v) is 19.1. The van der Waals surface area contributed by atoms with Gasteiger partial charge in [0.15, 0.2) is 0 Å². The minimum Gasteiger partial charge on any atom is -0.444 e. The van der Waals surface area contributed by atoms with Gasteiger partial charge in [-0.05, 0) is 40.7 Å². The quantitative estimate of drug-likeness (QED) is 0.213. The molecule has 16 nitrogen and oxygen atoms in total. The van der Waals surface area contributed by atoms with Gasteiger partial charge in [0, 0.05) is 39.1 Å². The number of fused-ring (bicyclic) bond motifs is 1. The second-order valence-electron chi connectivity index (χ2n) is 17.0. The van der Waals surface area contributed by atoms with Crippen LogP contribution in [0.15, 0.2) is 24.3 Å². The lowest BCUT2D eigenvalue weighted by molar-refractivity contribution is -0.143. The maximum absolute atomic E-state index is 14.5. The number of likely N-dealkylation sites (tertiary alicyclic amines) is 1. The summed E-state index contributed by atoms with van der Waals surface area (Å²) in [6.07, 6.45) is 2.01. The number of urea groups is 1. The molecule has 0 spiro atoms. The number of Topliss-reactive ketones (excluding diaryl/α,β-unsaturated/α-hetero) is 1. The number of nitrogens with one attached hydrogen (secondary N) is 3. The van der Waals surface area contributed by atoms with Crippen LogP contribution in [0.5, 0.6) is 0 Å². The van der Waals surface area contributed by atoms with E-state index < -0.39 is 86.8 Å². The van der Waals surface area contributed by atoms with Crippen LogP contribution in [0.2, 0.25) is 0 Å². The number of ketones is 1. The molecule has 54 heavy (non-hydrogen) atoms. The number of benzene rings is 1. The number of sulfonamides is 1. The van der Waals surface area contributed by atoms with Crippen LogP contribution in [0, 0.1) is 16.7 Å². The van der Waals surface area contributed by atoms with Gasteiger partial charge < -0.3 is 36.2 Å². The SMILES string of the molecule is CN(C[C@@H](NC(=O)NC(C(=O)N1C[C@H](OC(=O)N2CCc3ccccc3C2)C[C@H]1C(=O)NC(CC1CC1)C(=O)C(N)=O)C(C)(C)C)C(C)(C)C)S(C)(=O)=O. The molecule has 2 unspecified atom stereocenters. The fourth-order valence-corrected chi connectivity index (χ4v) is 7.10. The fraction of sp³-hybridized carbons (Fsp3) is 0.676. The number of hydrogen-bond acceptors (Lipinski definition) is 9. The van der Waals surface area contributed by atoms with Crippen molar-refractivity contribution in [3.05, 3.63) is 35.4 Å². The molecule has 5 N–H and O–H groups in total. The van der Waals surface area contributed by atoms with E-state index in [-0.39, 0.29) is 31.8 Å². The maximum atomic E-state index is 14.5. The van der Waals surface area contributed by atoms with Crippen LogP contribution in [-0.2, 0) is 46.9 Å². The summed E-state index contributed by atoms with van der Waals surface area (Å²) in [5.41, 5.74) is 5.97. The summed E-state index contributed by atoms with van der Waals surface area (Å²) in [4.78, 5) is 83.0. The van der Waals surface area contributed by atoms with E-state index in [1.165, 1.54) is 11.9 Å². The van der Waals surface area contributed by atoms with E-state index in [2.05, 4.69) is 16.0 Å². The van der Waals surface area contributed by atoms with E-state index >= 15 is 0 Å². The van der Waals surface area contributed by atoms with E-state index in [1.807, 2.05) is 45.0 Å². The van der Waals surface area contributed by atoms with Gasteiger partial charge in [-0.15, -0.1) is 0 Å². The van der Waals surface area contributed by atoms with Crippen LogP contribution >= 0.6 is 0 Å². The van der Waals surface area contributed by atoms with Crippen LogP contribution < -0.4 is 21.7 Å². The number of nitrogens with zero attached hydrogens (tertiary/aromatic N) is 3. The zero-order chi connectivity index (χ0) is 40.3. The Balaban J connectivity index is 1.57. The molecule has 3 aliphatic rings. The predicted octanol–water partition coefficient (Wildman–Crippen LogP) is 1.51. The van der Waals surface area contributed by atoms with Gasteiger partial charge in [-0.3, -0.25) is 19.2 Å². The molecule has 2 aliphatic heterocycles. The number of ether oxygens (including phenoxy) is 1. The summed E-state index contributed by atoms with van der Waals surface area (Å²) in [6.45, 7) is 11.3. The fourth-order valence-electron chi connectivity index (χ4n) is 6.68. The molecular weight excluding hydrogens is 719 g/mol. The van der Waals surface area contributed by atoms with E-state index in [4.69, 9.17) is 10.5 Å². The van der Waals surface area contributed by atoms with Crippen molar-refractivity contribution in [3.63, 3.8) is 0 Å². The van der Waals surface area contributed by atoms with Gasteiger partial charge in [0.05, 0.1) is 18.8 Å². The highest BCUT2D eigenvalue weighted by Crippen LogP contribution is 2.34. The minimum absolute atomic E-state index is 0.0278. The Morgan fingerprint density at radius 3 is 2.15 bits per heavy atom. The van der Waals surface area contributed by atoms with Gasteiger partial charge in [-0.1, -0.05) is 78.6 Å². The molecule has 1 aromatic rings. The summed E-state index contributed by atoms with van der Waals surface area (Å²) in [5.74, 6) is -3.34. The molecule has 6 amide bonds. The Kier molecular flexibility index (Phi) is 13.1. The number of hydrogen-bond donors (Lipinski definition) is 4. The summed E-state index contributed by atoms with van der Waals surface area (Å²) in [7, 11) is -2.15. The van der Waals surface area contributed by atoms with Crippen LogP contribution in [0.25, 0.3) is 0 Å². The van der Waals surface area contributed by atoms with E-state index in [1.54, 1.807) is 25.7 Å². The molecule has 17 heteroatoms. The van der Waals surface area contributed by atoms with Gasteiger partial charge in [-0.2, -0.15) is 0 Å². The van der Waals surface area contributed by atoms with E-state index in [0.29, 0.717) is 19.5 Å². The summed E-state index contributed by atoms with van der Waals surface area (Å²) >= 11 is 0. The second kappa shape index (κ2) is 16.6. The first-order chi connectivity index (χ1) is 24.9. The van der Waals surface area contributed by atoms with Crippen LogP contribution in [0.4, 0.5) is 9.59 Å². The average molecular weight is 776 g/mol. The van der Waals surface area contributed by atoms with Crippen molar-refractivity contribution in [2.45, 2.75) is 110 Å². The molecule has 0 bridgehead atoms. The first-order valence-corrected chi connectivity index (χ1v) is 20.3. The number of carbonyl (C=O) groups is 6. The number of primary amides is 1. The third kappa shape index (κ3) is 11.1. The Morgan fingerprint density at radius 1 is 0.963 bits per heavy atom. The smallest absolute Gasteiger partial charge is 0.410 e. The molecule has 4 rings (SSSR count). The van der Waals surface area contributed by atoms with Gasteiger partial charge >= 0.3 is 12.1 Å². The lowest BCUT2D eigenvalue weighted by atomic mass is 9.85. The number of rotatable bonds is 13. The first-order valence-electron chi connectivity index (χ1n) is 18.4. The molecular formula is C37H57N7O9S. The van der Waals surface area contributed by atoms with Crippen molar-refractivity contribution < 1.29 is 41.9 Å². The van der Waals surface area contributed by atoms with Crippen molar-refractivity contribution in [2.24, 2.45) is 22.5 Å². The number of amides is 6. The van der Waals surface area contributed by atoms with Crippen LogP contribution in [-0.4, -0.2) is 121 Å². The third-order valence-corrected chi connectivity index (χ3v) is 11.7. The molecule has 300 valence electrons. The van der Waals surface area contributed by atoms with Crippen molar-refractivity contribution in [2.75, 3.05) is 32.9 Å². The molecule has 1 saturated heterocycles. The summed E-state index contributed by atoms with van der Waals surface area (Å²) in [6, 6.07) is 2.80. The van der Waals surface area contributed by atoms with Crippen molar-refractivity contribution in [1.29, 1.82) is 0 Å². The number of nitrogens with two attached hydrogens (primary N) is 1. The zero-order valence-electron chi connectivity index (χ0n) is 32.6. The predicted molar refractivity (Wildman–Crippen MR) is 200 cm³/mol. The topological polar surface area (TPSA) is 218 Å². The van der Waals surface area contributed by atoms with Gasteiger partial charge in [-0.25, -0.2) is 22.3 Å². The Bertz CT molecular complexity index is 1720. The van der Waals surface area contributed by atoms with E-state index in [0.717, 1.165) is 34.5 Å².